The first-order valence-electron chi connectivity index (χ1n) is 4.03. The van der Waals surface area contributed by atoms with Gasteiger partial charge in [0, 0.05) is 7.05 Å². The number of aliphatic hydroxyl groups excluding tert-OH is 1. The lowest BCUT2D eigenvalue weighted by molar-refractivity contribution is 0.160. The van der Waals surface area contributed by atoms with Gasteiger partial charge in [-0.05, 0) is 25.5 Å². The summed E-state index contributed by atoms with van der Waals surface area (Å²) in [5.41, 5.74) is 7.22. The number of nitrogens with zero attached hydrogens (tertiary/aromatic N) is 2. The molecule has 0 saturated heterocycles. The molecule has 12 heavy (non-hydrogen) atoms. The normalized spacial score (nSPS) is 13.3. The number of hydrogen-bond acceptors (Lipinski definition) is 3. The number of aryl methyl sites for hydroxylation is 2. The van der Waals surface area contributed by atoms with E-state index in [9.17, 15) is 5.11 Å². The Bertz CT molecular complexity index is 237. The third-order valence-corrected chi connectivity index (χ3v) is 1.93. The Kier molecular flexibility index (Phi) is 2.83. The lowest BCUT2D eigenvalue weighted by Crippen LogP contribution is -2.11. The van der Waals surface area contributed by atoms with Crippen LogP contribution in [0.15, 0.2) is 6.20 Å². The summed E-state index contributed by atoms with van der Waals surface area (Å²) in [4.78, 5) is 0. The fourth-order valence-corrected chi connectivity index (χ4v) is 1.33. The van der Waals surface area contributed by atoms with Crippen molar-refractivity contribution in [1.82, 2.24) is 9.78 Å². The lowest BCUT2D eigenvalue weighted by atomic mass is 10.1. The van der Waals surface area contributed by atoms with E-state index in [0.29, 0.717) is 13.0 Å². The summed E-state index contributed by atoms with van der Waals surface area (Å²) in [6.45, 7) is 2.42. The number of aromatic nitrogens is 2. The molecule has 68 valence electrons. The van der Waals surface area contributed by atoms with Crippen molar-refractivity contribution in [1.29, 1.82) is 0 Å². The average Bonchev–Trinajstić information content (AvgIpc) is 2.32. The van der Waals surface area contributed by atoms with E-state index in [4.69, 9.17) is 5.73 Å². The molecule has 0 spiro atoms. The number of nitrogens with two attached hydrogens (primary N) is 1. The minimum absolute atomic E-state index is 0.484. The van der Waals surface area contributed by atoms with Crippen molar-refractivity contribution in [3.05, 3.63) is 17.5 Å². The van der Waals surface area contributed by atoms with Crippen LogP contribution in [0.2, 0.25) is 0 Å². The Morgan fingerprint density at radius 1 is 1.75 bits per heavy atom. The van der Waals surface area contributed by atoms with Crippen molar-refractivity contribution >= 4 is 0 Å². The van der Waals surface area contributed by atoms with E-state index >= 15 is 0 Å². The van der Waals surface area contributed by atoms with Crippen LogP contribution in [0.1, 0.15) is 23.8 Å². The first kappa shape index (κ1) is 9.22. The van der Waals surface area contributed by atoms with E-state index in [0.717, 1.165) is 11.3 Å². The van der Waals surface area contributed by atoms with Crippen molar-refractivity contribution in [2.75, 3.05) is 6.54 Å². The Balaban J connectivity index is 2.85. The quantitative estimate of drug-likeness (QED) is 0.675. The van der Waals surface area contributed by atoms with Gasteiger partial charge in [0.05, 0.1) is 18.0 Å². The predicted octanol–water partition coefficient (Wildman–Crippen LogP) is 0.111. The lowest BCUT2D eigenvalue weighted by Gasteiger charge is -2.10. The molecule has 4 nitrogen and oxygen atoms in total. The molecule has 0 saturated carbocycles. The van der Waals surface area contributed by atoms with Crippen LogP contribution in [0.25, 0.3) is 0 Å². The van der Waals surface area contributed by atoms with Gasteiger partial charge in [0.25, 0.3) is 0 Å². The molecule has 1 atom stereocenters. The minimum Gasteiger partial charge on any atom is -0.387 e. The van der Waals surface area contributed by atoms with Crippen LogP contribution in [0.3, 0.4) is 0 Å². The second-order valence-corrected chi connectivity index (χ2v) is 2.93. The molecular weight excluding hydrogens is 154 g/mol. The summed E-state index contributed by atoms with van der Waals surface area (Å²) in [6, 6.07) is 0. The second-order valence-electron chi connectivity index (χ2n) is 2.93. The summed E-state index contributed by atoms with van der Waals surface area (Å²) in [5, 5.41) is 13.7. The SMILES string of the molecule is Cc1cnn(C)c1C(O)CCN. The third kappa shape index (κ3) is 1.65. The van der Waals surface area contributed by atoms with Crippen LogP contribution >= 0.6 is 0 Å². The van der Waals surface area contributed by atoms with Crippen LogP contribution < -0.4 is 5.73 Å². The van der Waals surface area contributed by atoms with Gasteiger partial charge in [-0.2, -0.15) is 5.10 Å². The van der Waals surface area contributed by atoms with E-state index in [1.54, 1.807) is 10.9 Å². The molecule has 1 aromatic heterocycles. The second kappa shape index (κ2) is 3.69. The summed E-state index contributed by atoms with van der Waals surface area (Å²) >= 11 is 0. The Hall–Kier alpha value is -0.870. The highest BCUT2D eigenvalue weighted by Gasteiger charge is 2.13. The molecule has 0 aliphatic rings. The molecule has 1 heterocycles. The minimum atomic E-state index is -0.484. The van der Waals surface area contributed by atoms with Gasteiger partial charge in [0.15, 0.2) is 0 Å². The molecule has 3 N–H and O–H groups in total. The van der Waals surface area contributed by atoms with Gasteiger partial charge in [0.1, 0.15) is 0 Å². The van der Waals surface area contributed by atoms with Crippen molar-refractivity contribution < 1.29 is 5.11 Å². The standard InChI is InChI=1S/C8H15N3O/c1-6-5-10-11(2)8(6)7(12)3-4-9/h5,7,12H,3-4,9H2,1-2H3. The van der Waals surface area contributed by atoms with Crippen molar-refractivity contribution in [3.63, 3.8) is 0 Å². The van der Waals surface area contributed by atoms with E-state index in [2.05, 4.69) is 5.10 Å². The molecule has 1 rings (SSSR count). The van der Waals surface area contributed by atoms with E-state index < -0.39 is 6.10 Å². The molecule has 0 aliphatic heterocycles. The molecule has 0 radical (unpaired) electrons. The average molecular weight is 169 g/mol. The zero-order chi connectivity index (χ0) is 9.14. The summed E-state index contributed by atoms with van der Waals surface area (Å²) in [6.07, 6.45) is 1.85. The summed E-state index contributed by atoms with van der Waals surface area (Å²) in [7, 11) is 1.82. The van der Waals surface area contributed by atoms with Gasteiger partial charge >= 0.3 is 0 Å². The zero-order valence-corrected chi connectivity index (χ0v) is 7.49. The maximum Gasteiger partial charge on any atom is 0.0971 e. The Morgan fingerprint density at radius 3 is 2.83 bits per heavy atom. The monoisotopic (exact) mass is 169 g/mol. The molecule has 1 unspecified atom stereocenters. The largest absolute Gasteiger partial charge is 0.387 e. The highest BCUT2D eigenvalue weighted by atomic mass is 16.3. The number of rotatable bonds is 3. The third-order valence-electron chi connectivity index (χ3n) is 1.93. The Labute approximate surface area is 72.0 Å². The van der Waals surface area contributed by atoms with Crippen LogP contribution in [0.4, 0.5) is 0 Å². The van der Waals surface area contributed by atoms with Gasteiger partial charge in [-0.25, -0.2) is 0 Å². The molecule has 4 heteroatoms. The topological polar surface area (TPSA) is 64.1 Å². The van der Waals surface area contributed by atoms with Gasteiger partial charge in [-0.15, -0.1) is 0 Å². The van der Waals surface area contributed by atoms with Gasteiger partial charge in [-0.1, -0.05) is 0 Å². The van der Waals surface area contributed by atoms with E-state index in [-0.39, 0.29) is 0 Å². The molecule has 0 amide bonds. The van der Waals surface area contributed by atoms with Crippen molar-refractivity contribution in [2.45, 2.75) is 19.4 Å². The fraction of sp³-hybridized carbons (Fsp3) is 0.625. The molecular formula is C8H15N3O. The molecule has 0 aromatic carbocycles. The highest BCUT2D eigenvalue weighted by Crippen LogP contribution is 2.18. The predicted molar refractivity (Wildman–Crippen MR) is 46.6 cm³/mol. The van der Waals surface area contributed by atoms with Crippen molar-refractivity contribution in [3.8, 4) is 0 Å². The van der Waals surface area contributed by atoms with E-state index in [1.807, 2.05) is 14.0 Å². The first-order valence-corrected chi connectivity index (χ1v) is 4.03. The van der Waals surface area contributed by atoms with Crippen LogP contribution in [-0.4, -0.2) is 21.4 Å². The Morgan fingerprint density at radius 2 is 2.42 bits per heavy atom. The van der Waals surface area contributed by atoms with E-state index in [1.165, 1.54) is 0 Å². The molecule has 1 aromatic rings. The summed E-state index contributed by atoms with van der Waals surface area (Å²) < 4.78 is 1.69. The summed E-state index contributed by atoms with van der Waals surface area (Å²) in [5.74, 6) is 0. The van der Waals surface area contributed by atoms with Gasteiger partial charge < -0.3 is 10.8 Å². The molecule has 0 aliphatic carbocycles. The first-order chi connectivity index (χ1) is 5.66. The smallest absolute Gasteiger partial charge is 0.0971 e. The van der Waals surface area contributed by atoms with Crippen molar-refractivity contribution in [2.24, 2.45) is 12.8 Å². The maximum atomic E-state index is 9.63. The van der Waals surface area contributed by atoms with Crippen LogP contribution in [-0.2, 0) is 7.05 Å². The fourth-order valence-electron chi connectivity index (χ4n) is 1.33. The van der Waals surface area contributed by atoms with Gasteiger partial charge in [-0.3, -0.25) is 4.68 Å². The van der Waals surface area contributed by atoms with Gasteiger partial charge in [0.2, 0.25) is 0 Å². The van der Waals surface area contributed by atoms with Crippen LogP contribution in [0.5, 0.6) is 0 Å². The molecule has 0 bridgehead atoms. The number of hydrogen-bond donors (Lipinski definition) is 2. The highest BCUT2D eigenvalue weighted by molar-refractivity contribution is 5.17. The maximum absolute atomic E-state index is 9.63. The molecule has 0 fully saturated rings. The zero-order valence-electron chi connectivity index (χ0n) is 7.49. The van der Waals surface area contributed by atoms with Crippen LogP contribution in [0, 0.1) is 6.92 Å². The number of aliphatic hydroxyl groups is 1.